The number of Topliss-reactive ketones (excluding diaryl/α,β-unsaturated/α-hetero) is 1. The van der Waals surface area contributed by atoms with Crippen molar-refractivity contribution in [3.63, 3.8) is 0 Å². The van der Waals surface area contributed by atoms with E-state index in [-0.39, 0.29) is 57.4 Å². The molecular weight excluding hydrogens is 964 g/mol. The van der Waals surface area contributed by atoms with Crippen LogP contribution in [0.15, 0.2) is 59.0 Å². The van der Waals surface area contributed by atoms with Gasteiger partial charge in [0.15, 0.2) is 5.82 Å². The molecule has 3 aromatic heterocycles. The van der Waals surface area contributed by atoms with Crippen molar-refractivity contribution >= 4 is 63.5 Å². The van der Waals surface area contributed by atoms with Gasteiger partial charge in [-0.1, -0.05) is 75.2 Å². The van der Waals surface area contributed by atoms with Crippen LogP contribution in [0.1, 0.15) is 110 Å². The van der Waals surface area contributed by atoms with Crippen LogP contribution >= 0.6 is 34.3 Å². The Morgan fingerprint density at radius 2 is 1.58 bits per heavy atom. The summed E-state index contributed by atoms with van der Waals surface area (Å²) in [5.41, 5.74) is 7.95. The maximum absolute atomic E-state index is 14.0. The second-order valence-electron chi connectivity index (χ2n) is 19.2. The van der Waals surface area contributed by atoms with Crippen molar-refractivity contribution in [2.75, 3.05) is 46.2 Å². The van der Waals surface area contributed by atoms with Crippen LogP contribution in [0.4, 0.5) is 0 Å². The fourth-order valence-corrected chi connectivity index (χ4v) is 10.9. The van der Waals surface area contributed by atoms with Gasteiger partial charge >= 0.3 is 0 Å². The number of β-amino-alcohol motifs (C(OH)–C–C–N with tert-alkyl or cyclic N) is 1. The molecule has 0 aliphatic carbocycles. The van der Waals surface area contributed by atoms with Crippen molar-refractivity contribution in [1.82, 2.24) is 35.3 Å². The molecule has 1 saturated heterocycles. The summed E-state index contributed by atoms with van der Waals surface area (Å²) < 4.78 is 19.0. The molecule has 0 unspecified atom stereocenters. The summed E-state index contributed by atoms with van der Waals surface area (Å²) in [4.78, 5) is 67.0. The number of thiazole rings is 1. The number of aliphatic hydroxyl groups is 1. The van der Waals surface area contributed by atoms with Crippen molar-refractivity contribution in [1.29, 1.82) is 0 Å². The highest BCUT2D eigenvalue weighted by atomic mass is 35.5. The van der Waals surface area contributed by atoms with E-state index in [1.54, 1.807) is 22.7 Å². The monoisotopic (exact) mass is 1030 g/mol. The average molecular weight is 1030 g/mol. The molecule has 5 heterocycles. The number of aliphatic hydroxyl groups excluding tert-OH is 1. The van der Waals surface area contributed by atoms with Gasteiger partial charge in [-0.25, -0.2) is 4.98 Å². The Morgan fingerprint density at radius 3 is 2.27 bits per heavy atom. The number of halogens is 1. The fraction of sp³-hybridized carbons (Fsp3) is 0.500. The van der Waals surface area contributed by atoms with E-state index in [0.29, 0.717) is 37.1 Å². The minimum Gasteiger partial charge on any atom is -0.391 e. The minimum absolute atomic E-state index is 0.0184. The molecule has 19 heteroatoms. The number of amides is 3. The Hall–Kier alpha value is -5.21. The van der Waals surface area contributed by atoms with Gasteiger partial charge in [0.25, 0.3) is 0 Å². The first-order chi connectivity index (χ1) is 34.0. The number of unbranched alkanes of at least 4 members (excludes halogenated alkanes) is 2. The number of aromatic nitrogens is 4. The predicted octanol–water partition coefficient (Wildman–Crippen LogP) is 7.61. The Bertz CT molecular complexity index is 2680. The number of nitrogens with zero attached hydrogens (tertiary/aromatic N) is 6. The number of fused-ring (bicyclic) bond motifs is 3. The van der Waals surface area contributed by atoms with Gasteiger partial charge in [0.1, 0.15) is 41.3 Å². The third-order valence-corrected chi connectivity index (χ3v) is 15.1. The number of ether oxygens (including phenoxy) is 3. The number of aliphatic imine (C=N–C) groups is 1. The molecule has 71 heavy (non-hydrogen) atoms. The highest BCUT2D eigenvalue weighted by molar-refractivity contribution is 7.15. The number of hydrogen-bond acceptors (Lipinski definition) is 14. The lowest BCUT2D eigenvalue weighted by Gasteiger charge is -2.35. The smallest absolute Gasteiger partial charge is 0.246 e. The molecule has 1 fully saturated rings. The lowest BCUT2D eigenvalue weighted by atomic mass is 9.85. The Morgan fingerprint density at radius 1 is 0.887 bits per heavy atom. The molecule has 380 valence electrons. The van der Waals surface area contributed by atoms with Crippen molar-refractivity contribution in [3.8, 4) is 15.4 Å². The van der Waals surface area contributed by atoms with Crippen LogP contribution in [0.3, 0.4) is 0 Å². The largest absolute Gasteiger partial charge is 0.391 e. The van der Waals surface area contributed by atoms with Crippen LogP contribution in [0.25, 0.3) is 15.4 Å². The van der Waals surface area contributed by atoms with Crippen LogP contribution in [-0.2, 0) is 39.9 Å². The zero-order valence-electron chi connectivity index (χ0n) is 41.6. The van der Waals surface area contributed by atoms with Gasteiger partial charge in [-0.05, 0) is 74.8 Å². The maximum atomic E-state index is 14.0. The Labute approximate surface area is 428 Å². The summed E-state index contributed by atoms with van der Waals surface area (Å²) in [6.45, 7) is 15.2. The van der Waals surface area contributed by atoms with Crippen LogP contribution < -0.4 is 10.6 Å². The first kappa shape index (κ1) is 53.6. The second kappa shape index (κ2) is 24.5. The van der Waals surface area contributed by atoms with E-state index in [0.717, 1.165) is 74.2 Å². The Kier molecular flexibility index (Phi) is 18.5. The molecular formula is C52H65ClN8O8S2. The van der Waals surface area contributed by atoms with Gasteiger partial charge in [-0.15, -0.1) is 32.9 Å². The van der Waals surface area contributed by atoms with Gasteiger partial charge in [0, 0.05) is 60.0 Å². The van der Waals surface area contributed by atoms with Crippen molar-refractivity contribution in [2.24, 2.45) is 10.4 Å². The highest BCUT2D eigenvalue weighted by Gasteiger charge is 2.44. The molecule has 5 aromatic rings. The van der Waals surface area contributed by atoms with Crippen molar-refractivity contribution in [3.05, 3.63) is 104 Å². The minimum atomic E-state index is -0.968. The van der Waals surface area contributed by atoms with Gasteiger partial charge in [-0.2, -0.15) is 0 Å². The van der Waals surface area contributed by atoms with E-state index in [4.69, 9.17) is 30.8 Å². The number of rotatable bonds is 23. The lowest BCUT2D eigenvalue weighted by Crippen LogP contribution is -2.58. The number of carbonyl (C=O) groups is 4. The molecule has 2 aliphatic heterocycles. The quantitative estimate of drug-likeness (QED) is 0.0544. The summed E-state index contributed by atoms with van der Waals surface area (Å²) in [5, 5.41) is 26.9. The van der Waals surface area contributed by atoms with E-state index in [2.05, 4.69) is 44.2 Å². The number of hydrogen-bond donors (Lipinski definition) is 3. The third-order valence-electron chi connectivity index (χ3n) is 12.7. The topological polar surface area (TPSA) is 199 Å². The van der Waals surface area contributed by atoms with Crippen LogP contribution in [0.2, 0.25) is 5.02 Å². The zero-order valence-corrected chi connectivity index (χ0v) is 44.0. The van der Waals surface area contributed by atoms with Crippen LogP contribution in [0.5, 0.6) is 0 Å². The molecule has 7 rings (SSSR count). The number of likely N-dealkylation sites (tertiary alicyclic amines) is 1. The van der Waals surface area contributed by atoms with Crippen LogP contribution in [-0.4, -0.2) is 123 Å². The lowest BCUT2D eigenvalue weighted by molar-refractivity contribution is -0.144. The summed E-state index contributed by atoms with van der Waals surface area (Å²) in [5.74, 6) is 0.241. The molecule has 2 aliphatic rings. The Balaban J connectivity index is 0.766. The molecule has 0 bridgehead atoms. The second-order valence-corrected chi connectivity index (χ2v) is 21.7. The zero-order chi connectivity index (χ0) is 50.8. The predicted molar refractivity (Wildman–Crippen MR) is 275 cm³/mol. The molecule has 0 spiro atoms. The number of ketones is 1. The van der Waals surface area contributed by atoms with Crippen molar-refractivity contribution < 1.29 is 38.5 Å². The SMILES string of the molecule is Cc1ncsc1-c1ccc(CNC(=O)[C@@H]2C[C@@H](O)CN2C(=O)[C@@H](NC(=O)COCCOCCOCCCCCC(=O)C[C@@H]2N=C(c3ccc(Cl)cc3)c3c(sc(C)c3C)-n3c(C)nnc32)C(C)(C)C)cc1. The standard InChI is InChI=1S/C52H65ClN8O8S2/c1-31-33(3)71-51-44(31)45(36-16-18-38(53)19-17-36)56-41(48-59-58-34(4)61(48)51)25-39(62)11-9-8-10-20-67-21-22-68-23-24-69-29-43(64)57-47(52(5,6)7)50(66)60-28-40(63)26-42(60)49(65)54-27-35-12-14-37(15-13-35)46-32(2)55-30-70-46/h12-19,30,40-42,47,63H,8-11,20-29H2,1-7H3,(H,54,65)(H,57,64)/t40-,41+,42+,47-/m1/s1. The van der Waals surface area contributed by atoms with Gasteiger partial charge in [0.05, 0.1) is 54.3 Å². The maximum Gasteiger partial charge on any atom is 0.246 e. The van der Waals surface area contributed by atoms with Crippen molar-refractivity contribution in [2.45, 2.75) is 118 Å². The van der Waals surface area contributed by atoms with Crippen LogP contribution in [0, 0.1) is 33.1 Å². The first-order valence-corrected chi connectivity index (χ1v) is 26.2. The van der Waals surface area contributed by atoms with Gasteiger partial charge in [-0.3, -0.25) is 28.7 Å². The van der Waals surface area contributed by atoms with E-state index in [1.165, 1.54) is 9.78 Å². The molecule has 0 radical (unpaired) electrons. The average Bonchev–Trinajstić information content (AvgIpc) is 4.11. The molecule has 0 saturated carbocycles. The summed E-state index contributed by atoms with van der Waals surface area (Å²) in [6, 6.07) is 13.2. The molecule has 3 amide bonds. The molecule has 2 aromatic carbocycles. The molecule has 3 N–H and O–H groups in total. The summed E-state index contributed by atoms with van der Waals surface area (Å²) >= 11 is 9.50. The molecule has 16 nitrogen and oxygen atoms in total. The van der Waals surface area contributed by atoms with E-state index >= 15 is 0 Å². The number of carbonyl (C=O) groups excluding carboxylic acids is 4. The highest BCUT2D eigenvalue weighted by Crippen LogP contribution is 2.40. The van der Waals surface area contributed by atoms with E-state index in [1.807, 2.05) is 88.7 Å². The normalized spacial score (nSPS) is 17.1. The summed E-state index contributed by atoms with van der Waals surface area (Å²) in [6.07, 6.45) is 2.24. The number of aryl methyl sites for hydroxylation is 3. The van der Waals surface area contributed by atoms with E-state index < -0.39 is 41.5 Å². The van der Waals surface area contributed by atoms with Gasteiger partial charge < -0.3 is 34.9 Å². The third kappa shape index (κ3) is 13.7. The fourth-order valence-electron chi connectivity index (χ4n) is 8.74. The number of thiophene rings is 1. The first-order valence-electron chi connectivity index (χ1n) is 24.2. The van der Waals surface area contributed by atoms with Gasteiger partial charge in [0.2, 0.25) is 17.7 Å². The summed E-state index contributed by atoms with van der Waals surface area (Å²) in [7, 11) is 0. The number of nitrogens with one attached hydrogen (secondary N) is 2. The molecule has 4 atom stereocenters. The van der Waals surface area contributed by atoms with E-state index in [9.17, 15) is 24.3 Å². The number of benzene rings is 2.